The maximum atomic E-state index is 12.6. The van der Waals surface area contributed by atoms with E-state index in [0.29, 0.717) is 18.5 Å². The lowest BCUT2D eigenvalue weighted by Crippen LogP contribution is -2.72. The second kappa shape index (κ2) is 9.07. The van der Waals surface area contributed by atoms with Crippen molar-refractivity contribution in [2.75, 3.05) is 13.7 Å². The van der Waals surface area contributed by atoms with Gasteiger partial charge in [0.25, 0.3) is 0 Å². The number of likely N-dealkylation sites (tertiary alicyclic amines) is 1. The molecule has 1 aliphatic rings. The molecule has 1 fully saturated rings. The molecule has 0 radical (unpaired) electrons. The number of Topliss-reactive ketones (excluding diaryl/α,β-unsaturated/α-hetero) is 1. The molecule has 1 aliphatic heterocycles. The number of ether oxygens (including phenoxy) is 1. The van der Waals surface area contributed by atoms with Crippen molar-refractivity contribution in [3.8, 4) is 0 Å². The van der Waals surface area contributed by atoms with Gasteiger partial charge >= 0.3 is 5.97 Å². The Hall–Kier alpha value is -0.900. The summed E-state index contributed by atoms with van der Waals surface area (Å²) in [6, 6.07) is 8.70. The molecule has 1 saturated heterocycles. The summed E-state index contributed by atoms with van der Waals surface area (Å²) in [4.78, 5) is 39.0. The molecule has 148 valence electrons. The highest BCUT2D eigenvalue weighted by molar-refractivity contribution is 9.50. The van der Waals surface area contributed by atoms with E-state index in [0.717, 1.165) is 0 Å². The van der Waals surface area contributed by atoms with E-state index in [-0.39, 0.29) is 24.3 Å². The quantitative estimate of drug-likeness (QED) is 0.185. The van der Waals surface area contributed by atoms with E-state index in [2.05, 4.69) is 36.1 Å². The number of ketones is 1. The summed E-state index contributed by atoms with van der Waals surface area (Å²) in [7, 11) is 2.67. The molecule has 27 heavy (non-hydrogen) atoms. The fraction of sp³-hybridized carbons (Fsp3) is 0.500. The van der Waals surface area contributed by atoms with Gasteiger partial charge in [-0.25, -0.2) is 4.79 Å². The van der Waals surface area contributed by atoms with Crippen LogP contribution in [-0.4, -0.2) is 51.6 Å². The van der Waals surface area contributed by atoms with E-state index in [1.165, 1.54) is 17.3 Å². The molecule has 0 spiro atoms. The van der Waals surface area contributed by atoms with Crippen LogP contribution in [0.3, 0.4) is 0 Å². The smallest absolute Gasteiger partial charge is 0.339 e. The minimum atomic E-state index is -1.14. The summed E-state index contributed by atoms with van der Waals surface area (Å²) in [6.45, 7) is 4.40. The number of methoxy groups -OCH3 is 1. The number of carbonyl (C=O) groups excluding carboxylic acids is 3. The molecule has 9 heteroatoms. The lowest BCUT2D eigenvalue weighted by atomic mass is 9.95. The third-order valence-electron chi connectivity index (χ3n) is 4.61. The van der Waals surface area contributed by atoms with Crippen molar-refractivity contribution in [3.05, 3.63) is 35.9 Å². The summed E-state index contributed by atoms with van der Waals surface area (Å²) in [5.74, 6) is -1.06. The average Bonchev–Trinajstić information content (AvgIpc) is 2.64. The van der Waals surface area contributed by atoms with Crippen molar-refractivity contribution in [2.45, 2.75) is 42.1 Å². The van der Waals surface area contributed by atoms with Gasteiger partial charge in [-0.2, -0.15) is 0 Å². The Labute approximate surface area is 179 Å². The molecular formula is C18H22Br2N2O4S. The molecule has 2 unspecified atom stereocenters. The maximum absolute atomic E-state index is 12.6. The number of alkyl halides is 1. The molecule has 0 aliphatic carbocycles. The monoisotopic (exact) mass is 520 g/mol. The number of rotatable bonds is 8. The van der Waals surface area contributed by atoms with Crippen molar-refractivity contribution < 1.29 is 19.1 Å². The molecule has 2 atom stereocenters. The van der Waals surface area contributed by atoms with Gasteiger partial charge in [0.2, 0.25) is 5.91 Å². The molecule has 0 bridgehead atoms. The summed E-state index contributed by atoms with van der Waals surface area (Å²) in [6.07, 6.45) is 0.0790. The second-order valence-corrected chi connectivity index (χ2v) is 10.0. The summed E-state index contributed by atoms with van der Waals surface area (Å²) in [5, 5.41) is 2.85. The zero-order chi connectivity index (χ0) is 20.2. The van der Waals surface area contributed by atoms with Crippen LogP contribution in [0.25, 0.3) is 0 Å². The molecule has 2 rings (SSSR count). The van der Waals surface area contributed by atoms with E-state index in [4.69, 9.17) is 4.74 Å². The van der Waals surface area contributed by atoms with Gasteiger partial charge in [-0.05, 0) is 35.1 Å². The largest absolute Gasteiger partial charge is 0.467 e. The number of benzene rings is 1. The molecule has 1 heterocycles. The van der Waals surface area contributed by atoms with Crippen molar-refractivity contribution in [3.63, 3.8) is 0 Å². The van der Waals surface area contributed by atoms with E-state index in [9.17, 15) is 14.4 Å². The normalized spacial score (nSPS) is 19.5. The number of amides is 1. The Morgan fingerprint density at radius 1 is 1.30 bits per heavy atom. The predicted molar refractivity (Wildman–Crippen MR) is 113 cm³/mol. The minimum Gasteiger partial charge on any atom is -0.467 e. The lowest BCUT2D eigenvalue weighted by Gasteiger charge is -2.54. The molecular weight excluding hydrogens is 500 g/mol. The van der Waals surface area contributed by atoms with Gasteiger partial charge in [0.05, 0.1) is 24.4 Å². The molecule has 1 N–H and O–H groups in total. The lowest BCUT2D eigenvalue weighted by molar-refractivity contribution is -0.157. The first-order chi connectivity index (χ1) is 12.7. The Morgan fingerprint density at radius 3 is 2.41 bits per heavy atom. The van der Waals surface area contributed by atoms with E-state index in [1.807, 2.05) is 24.8 Å². The first kappa shape index (κ1) is 22.4. The van der Waals surface area contributed by atoms with Gasteiger partial charge < -0.3 is 10.1 Å². The predicted octanol–water partition coefficient (Wildman–Crippen LogP) is 3.49. The molecule has 1 aromatic carbocycles. The summed E-state index contributed by atoms with van der Waals surface area (Å²) >= 11 is 6.95. The Balaban J connectivity index is 2.08. The van der Waals surface area contributed by atoms with Crippen LogP contribution in [0.4, 0.5) is 0 Å². The van der Waals surface area contributed by atoms with Crippen LogP contribution in [-0.2, 0) is 14.3 Å². The van der Waals surface area contributed by atoms with Gasteiger partial charge in [0.1, 0.15) is 0 Å². The van der Waals surface area contributed by atoms with Crippen molar-refractivity contribution in [1.29, 1.82) is 0 Å². The third kappa shape index (κ3) is 4.58. The number of nitrogens with one attached hydrogen (secondary N) is 1. The van der Waals surface area contributed by atoms with Crippen molar-refractivity contribution >= 4 is 58.6 Å². The van der Waals surface area contributed by atoms with Gasteiger partial charge in [0, 0.05) is 12.1 Å². The highest BCUT2D eigenvalue weighted by atomic mass is 79.9. The Kier molecular flexibility index (Phi) is 7.52. The van der Waals surface area contributed by atoms with E-state index >= 15 is 0 Å². The first-order valence-corrected chi connectivity index (χ1v) is 11.8. The van der Waals surface area contributed by atoms with Gasteiger partial charge in [-0.15, -0.1) is 0 Å². The van der Waals surface area contributed by atoms with Crippen molar-refractivity contribution in [2.24, 2.45) is 0 Å². The van der Waals surface area contributed by atoms with Crippen LogP contribution < -0.4 is 5.32 Å². The first-order valence-electron chi connectivity index (χ1n) is 8.38. The third-order valence-corrected chi connectivity index (χ3v) is 9.75. The molecule has 0 aromatic heterocycles. The Bertz CT molecular complexity index is 717. The summed E-state index contributed by atoms with van der Waals surface area (Å²) in [5.41, 5.74) is 0.499. The minimum absolute atomic E-state index is 0.238. The van der Waals surface area contributed by atoms with Crippen LogP contribution in [0.2, 0.25) is 0 Å². The topological polar surface area (TPSA) is 75.7 Å². The number of hydrogen-bond acceptors (Lipinski definition) is 6. The van der Waals surface area contributed by atoms with Crippen LogP contribution in [0.5, 0.6) is 0 Å². The van der Waals surface area contributed by atoms with Gasteiger partial charge in [-0.3, -0.25) is 14.5 Å². The zero-order valence-electron chi connectivity index (χ0n) is 15.3. The number of halogens is 2. The van der Waals surface area contributed by atoms with Crippen LogP contribution in [0.1, 0.15) is 37.0 Å². The Morgan fingerprint density at radius 2 is 1.93 bits per heavy atom. The fourth-order valence-corrected chi connectivity index (χ4v) is 5.40. The number of hydrogen-bond donors (Lipinski definition) is 1. The highest BCUT2D eigenvalue weighted by Gasteiger charge is 2.59. The van der Waals surface area contributed by atoms with E-state index in [1.54, 1.807) is 24.3 Å². The van der Waals surface area contributed by atoms with E-state index < -0.39 is 15.2 Å². The number of esters is 1. The molecule has 6 nitrogen and oxygen atoms in total. The van der Waals surface area contributed by atoms with Gasteiger partial charge in [-0.1, -0.05) is 56.5 Å². The highest BCUT2D eigenvalue weighted by Crippen LogP contribution is 2.50. The molecule has 1 aromatic rings. The molecule has 0 saturated carbocycles. The second-order valence-electron chi connectivity index (χ2n) is 6.73. The summed E-state index contributed by atoms with van der Waals surface area (Å²) < 4.78 is 3.28. The van der Waals surface area contributed by atoms with Crippen LogP contribution in [0, 0.1) is 0 Å². The number of nitrogens with zero attached hydrogens (tertiary/aromatic N) is 1. The fourth-order valence-electron chi connectivity index (χ4n) is 2.91. The van der Waals surface area contributed by atoms with Crippen molar-refractivity contribution in [1.82, 2.24) is 10.2 Å². The zero-order valence-corrected chi connectivity index (χ0v) is 19.3. The van der Waals surface area contributed by atoms with Gasteiger partial charge in [0.15, 0.2) is 10.2 Å². The number of carbonyl (C=O) groups is 3. The average molecular weight is 522 g/mol. The molecule has 1 amide bonds. The standard InChI is InChI=1S/C18H22Br2N2O4S/c1-17(2,27-20)18(19,16(25)26-3)22-10-9-14(22)21-15(24)11-13(23)12-7-5-4-6-8-12/h4-8,14H,9-11H2,1-3H3,(H,21,24). The van der Waals surface area contributed by atoms with Crippen LogP contribution in [0.15, 0.2) is 30.3 Å². The van der Waals surface area contributed by atoms with Crippen LogP contribution >= 0.6 is 40.9 Å². The maximum Gasteiger partial charge on any atom is 0.339 e. The SMILES string of the molecule is COC(=O)C(Br)(N1CCC1NC(=O)CC(=O)c1ccccc1)C(C)(C)SBr.